The van der Waals surface area contributed by atoms with E-state index in [0.717, 1.165) is 25.9 Å². The van der Waals surface area contributed by atoms with E-state index in [-0.39, 0.29) is 5.91 Å². The summed E-state index contributed by atoms with van der Waals surface area (Å²) in [6.45, 7) is 1.53. The summed E-state index contributed by atoms with van der Waals surface area (Å²) in [4.78, 5) is 16.5. The van der Waals surface area contributed by atoms with Gasteiger partial charge < -0.3 is 15.5 Å². The van der Waals surface area contributed by atoms with Gasteiger partial charge in [0.15, 0.2) is 0 Å². The lowest BCUT2D eigenvalue weighted by molar-refractivity contribution is 0.0635. The molecular weight excluding hydrogens is 262 g/mol. The van der Waals surface area contributed by atoms with E-state index in [1.54, 1.807) is 18.2 Å². The van der Waals surface area contributed by atoms with E-state index < -0.39 is 0 Å². The summed E-state index contributed by atoms with van der Waals surface area (Å²) in [6, 6.07) is 5.46. The highest BCUT2D eigenvalue weighted by Gasteiger charge is 2.26. The van der Waals surface area contributed by atoms with Gasteiger partial charge in [-0.25, -0.2) is 0 Å². The molecule has 1 aromatic carbocycles. The second-order valence-electron chi connectivity index (χ2n) is 5.25. The van der Waals surface area contributed by atoms with Crippen molar-refractivity contribution in [1.82, 2.24) is 9.80 Å². The van der Waals surface area contributed by atoms with Gasteiger partial charge in [0.2, 0.25) is 0 Å². The fraction of sp³-hybridized carbons (Fsp3) is 0.500. The van der Waals surface area contributed by atoms with Gasteiger partial charge in [-0.3, -0.25) is 4.79 Å². The standard InChI is InChI=1S/C14H20ClN3O/c1-17(2)11-4-3-7-18(9-11)14(19)12-8-10(16)5-6-13(12)15/h5-6,8,11H,3-4,7,9,16H2,1-2H3. The molecule has 1 aliphatic rings. The average Bonchev–Trinajstić information content (AvgIpc) is 2.41. The first-order valence-electron chi connectivity index (χ1n) is 6.50. The average molecular weight is 282 g/mol. The molecule has 5 heteroatoms. The third-order valence-corrected chi connectivity index (χ3v) is 3.96. The number of anilines is 1. The summed E-state index contributed by atoms with van der Waals surface area (Å²) in [5.41, 5.74) is 6.80. The van der Waals surface area contributed by atoms with Crippen LogP contribution in [0.15, 0.2) is 18.2 Å². The van der Waals surface area contributed by atoms with Gasteiger partial charge in [-0.05, 0) is 45.1 Å². The summed E-state index contributed by atoms with van der Waals surface area (Å²) < 4.78 is 0. The molecule has 0 aliphatic carbocycles. The first-order valence-corrected chi connectivity index (χ1v) is 6.87. The van der Waals surface area contributed by atoms with E-state index in [4.69, 9.17) is 17.3 Å². The number of carbonyl (C=O) groups excluding carboxylic acids is 1. The van der Waals surface area contributed by atoms with Gasteiger partial charge in [0.1, 0.15) is 0 Å². The quantitative estimate of drug-likeness (QED) is 0.845. The smallest absolute Gasteiger partial charge is 0.255 e. The van der Waals surface area contributed by atoms with Gasteiger partial charge >= 0.3 is 0 Å². The zero-order valence-corrected chi connectivity index (χ0v) is 12.2. The Hall–Kier alpha value is -1.26. The SMILES string of the molecule is CN(C)C1CCCN(C(=O)c2cc(N)ccc2Cl)C1. The van der Waals surface area contributed by atoms with E-state index in [1.165, 1.54) is 0 Å². The lowest BCUT2D eigenvalue weighted by Crippen LogP contribution is -2.47. The molecule has 0 bridgehead atoms. The highest BCUT2D eigenvalue weighted by Crippen LogP contribution is 2.23. The first kappa shape index (κ1) is 14.2. The number of amides is 1. The van der Waals surface area contributed by atoms with Gasteiger partial charge in [-0.15, -0.1) is 0 Å². The molecule has 1 heterocycles. The summed E-state index contributed by atoms with van der Waals surface area (Å²) in [5.74, 6) is -0.0242. The second-order valence-corrected chi connectivity index (χ2v) is 5.66. The molecule has 1 aromatic rings. The largest absolute Gasteiger partial charge is 0.399 e. The molecule has 2 N–H and O–H groups in total. The number of benzene rings is 1. The van der Waals surface area contributed by atoms with Crippen molar-refractivity contribution < 1.29 is 4.79 Å². The Balaban J connectivity index is 2.17. The van der Waals surface area contributed by atoms with E-state index in [1.807, 2.05) is 19.0 Å². The maximum absolute atomic E-state index is 12.5. The molecule has 1 unspecified atom stereocenters. The van der Waals surface area contributed by atoms with Crippen molar-refractivity contribution in [1.29, 1.82) is 0 Å². The minimum Gasteiger partial charge on any atom is -0.399 e. The van der Waals surface area contributed by atoms with Crippen LogP contribution in [-0.4, -0.2) is 48.9 Å². The van der Waals surface area contributed by atoms with Crippen LogP contribution in [0.2, 0.25) is 5.02 Å². The van der Waals surface area contributed by atoms with Crippen LogP contribution in [-0.2, 0) is 0 Å². The van der Waals surface area contributed by atoms with Gasteiger partial charge in [0.05, 0.1) is 10.6 Å². The Labute approximate surface area is 119 Å². The molecule has 2 rings (SSSR count). The normalized spacial score (nSPS) is 19.8. The van der Waals surface area contributed by atoms with Crippen molar-refractivity contribution in [3.8, 4) is 0 Å². The predicted octanol–water partition coefficient (Wildman–Crippen LogP) is 2.09. The van der Waals surface area contributed by atoms with Crippen LogP contribution < -0.4 is 5.73 Å². The van der Waals surface area contributed by atoms with Crippen LogP contribution in [0.3, 0.4) is 0 Å². The van der Waals surface area contributed by atoms with Gasteiger partial charge in [0, 0.05) is 24.8 Å². The summed E-state index contributed by atoms with van der Waals surface area (Å²) >= 11 is 6.10. The number of hydrogen-bond acceptors (Lipinski definition) is 3. The van der Waals surface area contributed by atoms with Gasteiger partial charge in [-0.1, -0.05) is 11.6 Å². The Kier molecular flexibility index (Phi) is 4.32. The van der Waals surface area contributed by atoms with Crippen molar-refractivity contribution in [2.75, 3.05) is 32.9 Å². The monoisotopic (exact) mass is 281 g/mol. The molecule has 1 saturated heterocycles. The number of hydrogen-bond donors (Lipinski definition) is 1. The van der Waals surface area contributed by atoms with Crippen molar-refractivity contribution >= 4 is 23.2 Å². The number of carbonyl (C=O) groups is 1. The number of rotatable bonds is 2. The van der Waals surface area contributed by atoms with Crippen LogP contribution in [0, 0.1) is 0 Å². The Morgan fingerprint density at radius 1 is 1.47 bits per heavy atom. The van der Waals surface area contributed by atoms with Crippen molar-refractivity contribution in [3.05, 3.63) is 28.8 Å². The minimum atomic E-state index is -0.0242. The predicted molar refractivity (Wildman–Crippen MR) is 78.5 cm³/mol. The van der Waals surface area contributed by atoms with Crippen LogP contribution in [0.5, 0.6) is 0 Å². The lowest BCUT2D eigenvalue weighted by Gasteiger charge is -2.36. The number of nitrogen functional groups attached to an aromatic ring is 1. The number of likely N-dealkylation sites (N-methyl/N-ethyl adjacent to an activating group) is 1. The zero-order chi connectivity index (χ0) is 14.0. The first-order chi connectivity index (χ1) is 8.99. The number of piperidine rings is 1. The van der Waals surface area contributed by atoms with Gasteiger partial charge in [-0.2, -0.15) is 0 Å². The Morgan fingerprint density at radius 3 is 2.89 bits per heavy atom. The summed E-state index contributed by atoms with van der Waals surface area (Å²) in [7, 11) is 4.10. The summed E-state index contributed by atoms with van der Waals surface area (Å²) in [5, 5.41) is 0.464. The van der Waals surface area contributed by atoms with Crippen LogP contribution in [0.4, 0.5) is 5.69 Å². The maximum Gasteiger partial charge on any atom is 0.255 e. The second kappa shape index (κ2) is 5.80. The third-order valence-electron chi connectivity index (χ3n) is 3.63. The highest BCUT2D eigenvalue weighted by atomic mass is 35.5. The lowest BCUT2D eigenvalue weighted by atomic mass is 10.0. The molecule has 1 fully saturated rings. The van der Waals surface area contributed by atoms with E-state index in [9.17, 15) is 4.79 Å². The van der Waals surface area contributed by atoms with E-state index >= 15 is 0 Å². The molecule has 0 saturated carbocycles. The van der Waals surface area contributed by atoms with E-state index in [0.29, 0.717) is 22.3 Å². The van der Waals surface area contributed by atoms with Crippen LogP contribution in [0.1, 0.15) is 23.2 Å². The molecule has 19 heavy (non-hydrogen) atoms. The van der Waals surface area contributed by atoms with Crippen LogP contribution >= 0.6 is 11.6 Å². The summed E-state index contributed by atoms with van der Waals surface area (Å²) in [6.07, 6.45) is 2.15. The van der Waals surface area contributed by atoms with Crippen molar-refractivity contribution in [2.24, 2.45) is 0 Å². The van der Waals surface area contributed by atoms with E-state index in [2.05, 4.69) is 4.90 Å². The molecule has 1 atom stereocenters. The minimum absolute atomic E-state index is 0.0242. The highest BCUT2D eigenvalue weighted by molar-refractivity contribution is 6.34. The number of nitrogens with two attached hydrogens (primary N) is 1. The topological polar surface area (TPSA) is 49.6 Å². The maximum atomic E-state index is 12.5. The van der Waals surface area contributed by atoms with Gasteiger partial charge in [0.25, 0.3) is 5.91 Å². The molecule has 0 spiro atoms. The Bertz CT molecular complexity index is 476. The Morgan fingerprint density at radius 2 is 2.21 bits per heavy atom. The number of halogens is 1. The van der Waals surface area contributed by atoms with Crippen LogP contribution in [0.25, 0.3) is 0 Å². The molecule has 1 aliphatic heterocycles. The number of nitrogens with zero attached hydrogens (tertiary/aromatic N) is 2. The van der Waals surface area contributed by atoms with Crippen molar-refractivity contribution in [3.63, 3.8) is 0 Å². The molecule has 0 radical (unpaired) electrons. The number of likely N-dealkylation sites (tertiary alicyclic amines) is 1. The van der Waals surface area contributed by atoms with Crippen molar-refractivity contribution in [2.45, 2.75) is 18.9 Å². The molecular formula is C14H20ClN3O. The fourth-order valence-electron chi connectivity index (χ4n) is 2.44. The fourth-order valence-corrected chi connectivity index (χ4v) is 2.64. The molecule has 4 nitrogen and oxygen atoms in total. The molecule has 1 amide bonds. The molecule has 0 aromatic heterocycles. The molecule has 104 valence electrons. The zero-order valence-electron chi connectivity index (χ0n) is 11.4. The third kappa shape index (κ3) is 3.19.